The zero-order valence-electron chi connectivity index (χ0n) is 12.2. The summed E-state index contributed by atoms with van der Waals surface area (Å²) in [4.78, 5) is 0. The first-order valence-corrected chi connectivity index (χ1v) is 9.75. The molecule has 0 aliphatic heterocycles. The lowest BCUT2D eigenvalue weighted by molar-refractivity contribution is 0.0195. The first-order chi connectivity index (χ1) is 9.53. The van der Waals surface area contributed by atoms with Crippen LogP contribution in [0.2, 0.25) is 0 Å². The van der Waals surface area contributed by atoms with Gasteiger partial charge in [0, 0.05) is 24.8 Å². The SMILES string of the molecule is CO[C@H]1CCCCC1CCCCNCCOS(=O)(O)=S. The van der Waals surface area contributed by atoms with Crippen LogP contribution < -0.4 is 5.32 Å². The molecule has 1 aliphatic rings. The maximum Gasteiger partial charge on any atom is 0.266 e. The molecule has 0 aromatic heterocycles. The average molecular weight is 325 g/mol. The standard InChI is InChI=1S/C13H27NO4S2/c1-17-13-8-3-2-6-12(13)7-4-5-9-14-10-11-18-20(15,16)19/h12-14H,2-11H2,1H3,(H,15,16,19)/t12?,13-/m0/s1. The van der Waals surface area contributed by atoms with E-state index in [0.29, 0.717) is 12.6 Å². The van der Waals surface area contributed by atoms with Gasteiger partial charge in [0.05, 0.1) is 12.7 Å². The normalized spacial score (nSPS) is 26.3. The third-order valence-corrected chi connectivity index (χ3v) is 4.58. The fourth-order valence-electron chi connectivity index (χ4n) is 2.81. The first kappa shape index (κ1) is 18.3. The molecule has 0 saturated heterocycles. The number of methoxy groups -OCH3 is 1. The molecule has 2 unspecified atom stereocenters. The van der Waals surface area contributed by atoms with Crippen LogP contribution in [0.4, 0.5) is 0 Å². The second-order valence-corrected chi connectivity index (χ2v) is 7.67. The summed E-state index contributed by atoms with van der Waals surface area (Å²) in [6.07, 6.45) is 9.12. The molecule has 2 N–H and O–H groups in total. The number of hydrogen-bond donors (Lipinski definition) is 2. The van der Waals surface area contributed by atoms with Crippen LogP contribution in [0.15, 0.2) is 0 Å². The van der Waals surface area contributed by atoms with Gasteiger partial charge in [0.25, 0.3) is 9.05 Å². The lowest BCUT2D eigenvalue weighted by Gasteiger charge is -2.30. The lowest BCUT2D eigenvalue weighted by atomic mass is 9.83. The van der Waals surface area contributed by atoms with Gasteiger partial charge in [0.1, 0.15) is 0 Å². The molecule has 1 saturated carbocycles. The van der Waals surface area contributed by atoms with Crippen molar-refractivity contribution in [3.63, 3.8) is 0 Å². The quantitative estimate of drug-likeness (QED) is 0.600. The van der Waals surface area contributed by atoms with Crippen molar-refractivity contribution in [3.05, 3.63) is 0 Å². The molecule has 0 heterocycles. The molecule has 1 aliphatic carbocycles. The minimum Gasteiger partial charge on any atom is -0.381 e. The number of rotatable bonds is 10. The van der Waals surface area contributed by atoms with Crippen LogP contribution in [0.5, 0.6) is 0 Å². The molecular weight excluding hydrogens is 298 g/mol. The van der Waals surface area contributed by atoms with Gasteiger partial charge in [-0.25, -0.2) is 0 Å². The van der Waals surface area contributed by atoms with Crippen molar-refractivity contribution < 1.29 is 17.7 Å². The van der Waals surface area contributed by atoms with E-state index in [9.17, 15) is 4.21 Å². The number of hydrogen-bond acceptors (Lipinski definition) is 5. The van der Waals surface area contributed by atoms with Crippen molar-refractivity contribution in [1.82, 2.24) is 5.32 Å². The topological polar surface area (TPSA) is 67.8 Å². The monoisotopic (exact) mass is 325 g/mol. The Morgan fingerprint density at radius 1 is 1.30 bits per heavy atom. The van der Waals surface area contributed by atoms with Gasteiger partial charge in [0.2, 0.25) is 0 Å². The van der Waals surface area contributed by atoms with Gasteiger partial charge in [0.15, 0.2) is 0 Å². The summed E-state index contributed by atoms with van der Waals surface area (Å²) in [6.45, 7) is 1.63. The highest BCUT2D eigenvalue weighted by Crippen LogP contribution is 2.30. The van der Waals surface area contributed by atoms with Gasteiger partial charge in [-0.05, 0) is 38.1 Å². The Balaban J connectivity index is 1.96. The minimum absolute atomic E-state index is 0.174. The first-order valence-electron chi connectivity index (χ1n) is 7.38. The fourth-order valence-corrected chi connectivity index (χ4v) is 3.31. The molecular formula is C13H27NO4S2. The van der Waals surface area contributed by atoms with Gasteiger partial charge in [-0.3, -0.25) is 8.74 Å². The summed E-state index contributed by atoms with van der Waals surface area (Å²) in [6, 6.07) is 0. The summed E-state index contributed by atoms with van der Waals surface area (Å²) in [5, 5.41) is 3.18. The zero-order valence-corrected chi connectivity index (χ0v) is 13.8. The molecule has 7 heteroatoms. The van der Waals surface area contributed by atoms with Gasteiger partial charge in [-0.2, -0.15) is 4.21 Å². The Bertz CT molecular complexity index is 348. The fraction of sp³-hybridized carbons (Fsp3) is 1.00. The molecule has 1 fully saturated rings. The molecule has 0 bridgehead atoms. The van der Waals surface area contributed by atoms with Gasteiger partial charge in [-0.15, -0.1) is 0 Å². The van der Waals surface area contributed by atoms with Crippen LogP contribution in [0.25, 0.3) is 0 Å². The highest BCUT2D eigenvalue weighted by Gasteiger charge is 2.23. The molecule has 0 radical (unpaired) electrons. The van der Waals surface area contributed by atoms with Crippen molar-refractivity contribution in [2.75, 3.05) is 26.8 Å². The largest absolute Gasteiger partial charge is 0.381 e. The molecule has 3 atom stereocenters. The van der Waals surface area contributed by atoms with Crippen LogP contribution in [-0.4, -0.2) is 41.7 Å². The Morgan fingerprint density at radius 2 is 2.05 bits per heavy atom. The van der Waals surface area contributed by atoms with E-state index in [2.05, 4.69) is 20.7 Å². The molecule has 0 aromatic carbocycles. The molecule has 0 aromatic rings. The number of nitrogens with one attached hydrogen (secondary N) is 1. The molecule has 0 amide bonds. The highest BCUT2D eigenvalue weighted by atomic mass is 32.9. The van der Waals surface area contributed by atoms with Crippen LogP contribution in [0.3, 0.4) is 0 Å². The van der Waals surface area contributed by atoms with E-state index >= 15 is 0 Å². The van der Waals surface area contributed by atoms with Gasteiger partial charge >= 0.3 is 0 Å². The maximum atomic E-state index is 10.7. The summed E-state index contributed by atoms with van der Waals surface area (Å²) >= 11 is 4.22. The van der Waals surface area contributed by atoms with Crippen molar-refractivity contribution in [1.29, 1.82) is 0 Å². The lowest BCUT2D eigenvalue weighted by Crippen LogP contribution is -2.27. The third-order valence-electron chi connectivity index (χ3n) is 3.83. The Hall–Kier alpha value is 0.210. The molecule has 5 nitrogen and oxygen atoms in total. The highest BCUT2D eigenvalue weighted by molar-refractivity contribution is 8.27. The minimum atomic E-state index is -3.47. The van der Waals surface area contributed by atoms with E-state index in [0.717, 1.165) is 18.9 Å². The predicted molar refractivity (Wildman–Crippen MR) is 83.6 cm³/mol. The second-order valence-electron chi connectivity index (χ2n) is 5.31. The zero-order chi connectivity index (χ0) is 14.8. The van der Waals surface area contributed by atoms with Crippen molar-refractivity contribution in [3.8, 4) is 0 Å². The average Bonchev–Trinajstić information content (AvgIpc) is 2.41. The Morgan fingerprint density at radius 3 is 2.75 bits per heavy atom. The van der Waals surface area contributed by atoms with E-state index in [-0.39, 0.29) is 6.61 Å². The summed E-state index contributed by atoms with van der Waals surface area (Å²) in [7, 11) is -1.64. The molecule has 0 spiro atoms. The summed E-state index contributed by atoms with van der Waals surface area (Å²) in [5.74, 6) is 0.719. The van der Waals surface area contributed by atoms with Crippen molar-refractivity contribution in [2.45, 2.75) is 51.0 Å². The number of unbranched alkanes of at least 4 members (excludes halogenated alkanes) is 1. The Kier molecular flexibility index (Phi) is 9.15. The van der Waals surface area contributed by atoms with Gasteiger partial charge in [-0.1, -0.05) is 19.3 Å². The Labute approximate surface area is 127 Å². The third kappa shape index (κ3) is 8.49. The van der Waals surface area contributed by atoms with Crippen LogP contribution in [0, 0.1) is 5.92 Å². The maximum absolute atomic E-state index is 10.7. The van der Waals surface area contributed by atoms with E-state index < -0.39 is 9.05 Å². The predicted octanol–water partition coefficient (Wildman–Crippen LogP) is 2.10. The van der Waals surface area contributed by atoms with Crippen molar-refractivity contribution >= 4 is 20.2 Å². The van der Waals surface area contributed by atoms with Crippen LogP contribution in [-0.2, 0) is 29.2 Å². The second kappa shape index (κ2) is 10.0. The summed E-state index contributed by atoms with van der Waals surface area (Å²) in [5.41, 5.74) is 0. The van der Waals surface area contributed by atoms with E-state index in [1.165, 1.54) is 38.5 Å². The van der Waals surface area contributed by atoms with E-state index in [4.69, 9.17) is 9.29 Å². The van der Waals surface area contributed by atoms with Gasteiger partial charge < -0.3 is 10.1 Å². The van der Waals surface area contributed by atoms with E-state index in [1.807, 2.05) is 7.11 Å². The number of ether oxygens (including phenoxy) is 1. The molecule has 20 heavy (non-hydrogen) atoms. The molecule has 1 rings (SSSR count). The summed E-state index contributed by atoms with van der Waals surface area (Å²) < 4.78 is 29.5. The van der Waals surface area contributed by atoms with Crippen LogP contribution >= 0.6 is 0 Å². The molecule has 120 valence electrons. The van der Waals surface area contributed by atoms with E-state index in [1.54, 1.807) is 0 Å². The van der Waals surface area contributed by atoms with Crippen molar-refractivity contribution in [2.24, 2.45) is 5.92 Å². The smallest absolute Gasteiger partial charge is 0.266 e. The van der Waals surface area contributed by atoms with Crippen LogP contribution in [0.1, 0.15) is 44.9 Å².